The minimum atomic E-state index is -0.376. The summed E-state index contributed by atoms with van der Waals surface area (Å²) < 4.78 is 3.29. The van der Waals surface area contributed by atoms with Crippen LogP contribution < -0.4 is 21.5 Å². The normalized spacial score (nSPS) is 17.3. The van der Waals surface area contributed by atoms with Crippen LogP contribution in [0.4, 0.5) is 5.82 Å². The molecule has 1 aliphatic heterocycles. The van der Waals surface area contributed by atoms with Crippen molar-refractivity contribution in [3.05, 3.63) is 62.9 Å². The maximum atomic E-state index is 11.8. The molecule has 1 saturated heterocycles. The van der Waals surface area contributed by atoms with Crippen molar-refractivity contribution in [2.45, 2.75) is 19.0 Å². The zero-order valence-corrected chi connectivity index (χ0v) is 15.0. The summed E-state index contributed by atoms with van der Waals surface area (Å²) in [5, 5.41) is 4.85. The minimum Gasteiger partial charge on any atom is -0.356 e. The highest BCUT2D eigenvalue weighted by atomic mass is 16.2. The van der Waals surface area contributed by atoms with E-state index in [1.54, 1.807) is 0 Å². The number of aryl methyl sites for hydroxylation is 1. The van der Waals surface area contributed by atoms with Crippen molar-refractivity contribution in [1.82, 2.24) is 19.4 Å². The van der Waals surface area contributed by atoms with E-state index in [-0.39, 0.29) is 11.2 Å². The minimum absolute atomic E-state index is 0.282. The number of anilines is 1. The molecule has 136 valence electrons. The van der Waals surface area contributed by atoms with Crippen LogP contribution in [0.25, 0.3) is 10.9 Å². The molecule has 7 nitrogen and oxygen atoms in total. The van der Waals surface area contributed by atoms with Gasteiger partial charge in [0, 0.05) is 57.0 Å². The Labute approximate surface area is 150 Å². The molecule has 0 radical (unpaired) electrons. The number of hydrogen-bond acceptors (Lipinski definition) is 4. The number of hydrogen-bond donors (Lipinski definition) is 2. The fourth-order valence-electron chi connectivity index (χ4n) is 3.62. The van der Waals surface area contributed by atoms with Crippen molar-refractivity contribution in [3.63, 3.8) is 0 Å². The smallest absolute Gasteiger partial charge is 0.329 e. The monoisotopic (exact) mass is 353 g/mol. The Morgan fingerprint density at radius 1 is 1.15 bits per heavy atom. The predicted molar refractivity (Wildman–Crippen MR) is 103 cm³/mol. The number of benzene rings is 1. The van der Waals surface area contributed by atoms with Gasteiger partial charge in [0.25, 0.3) is 5.56 Å². The second kappa shape index (κ2) is 6.49. The number of aromatic nitrogens is 3. The molecule has 1 fully saturated rings. The van der Waals surface area contributed by atoms with E-state index in [0.717, 1.165) is 30.6 Å². The summed E-state index contributed by atoms with van der Waals surface area (Å²) in [6.45, 7) is 2.37. The maximum Gasteiger partial charge on any atom is 0.329 e. The van der Waals surface area contributed by atoms with Gasteiger partial charge in [-0.1, -0.05) is 18.2 Å². The Morgan fingerprint density at radius 2 is 1.96 bits per heavy atom. The van der Waals surface area contributed by atoms with Crippen LogP contribution >= 0.6 is 0 Å². The van der Waals surface area contributed by atoms with Gasteiger partial charge in [0.2, 0.25) is 0 Å². The lowest BCUT2D eigenvalue weighted by molar-refractivity contribution is 0.539. The van der Waals surface area contributed by atoms with Crippen LogP contribution in [-0.2, 0) is 20.6 Å². The van der Waals surface area contributed by atoms with Crippen molar-refractivity contribution < 1.29 is 0 Å². The van der Waals surface area contributed by atoms with Gasteiger partial charge in [-0.2, -0.15) is 0 Å². The highest BCUT2D eigenvalue weighted by Crippen LogP contribution is 2.19. The van der Waals surface area contributed by atoms with Crippen molar-refractivity contribution in [2.24, 2.45) is 14.1 Å². The van der Waals surface area contributed by atoms with Crippen molar-refractivity contribution in [1.29, 1.82) is 0 Å². The average molecular weight is 353 g/mol. The van der Waals surface area contributed by atoms with E-state index in [9.17, 15) is 9.59 Å². The number of rotatable bonds is 4. The molecule has 0 bridgehead atoms. The molecule has 0 amide bonds. The van der Waals surface area contributed by atoms with Gasteiger partial charge in [-0.3, -0.25) is 14.3 Å². The van der Waals surface area contributed by atoms with E-state index in [1.165, 1.54) is 29.7 Å². The Kier molecular flexibility index (Phi) is 4.16. The first-order valence-electron chi connectivity index (χ1n) is 8.85. The molecule has 3 heterocycles. The number of nitrogens with one attached hydrogen (secondary N) is 2. The molecule has 4 rings (SSSR count). The molecule has 2 N–H and O–H groups in total. The van der Waals surface area contributed by atoms with Gasteiger partial charge in [-0.25, -0.2) is 4.79 Å². The third-order valence-corrected chi connectivity index (χ3v) is 5.28. The van der Waals surface area contributed by atoms with Crippen molar-refractivity contribution >= 4 is 16.7 Å². The topological polar surface area (TPSA) is 75.1 Å². The zero-order chi connectivity index (χ0) is 18.3. The van der Waals surface area contributed by atoms with Crippen LogP contribution in [0.3, 0.4) is 0 Å². The molecule has 1 aliphatic rings. The van der Waals surface area contributed by atoms with Gasteiger partial charge in [-0.05, 0) is 23.9 Å². The molecule has 7 heteroatoms. The lowest BCUT2D eigenvalue weighted by Gasteiger charge is -2.18. The van der Waals surface area contributed by atoms with Gasteiger partial charge >= 0.3 is 5.69 Å². The van der Waals surface area contributed by atoms with E-state index in [0.29, 0.717) is 11.9 Å². The molecule has 26 heavy (non-hydrogen) atoms. The molecule has 3 aromatic rings. The van der Waals surface area contributed by atoms with Gasteiger partial charge in [-0.15, -0.1) is 0 Å². The van der Waals surface area contributed by atoms with E-state index >= 15 is 0 Å². The lowest BCUT2D eigenvalue weighted by Crippen LogP contribution is -2.37. The molecule has 2 aromatic heterocycles. The highest BCUT2D eigenvalue weighted by Gasteiger charge is 2.23. The Balaban J connectivity index is 1.44. The Morgan fingerprint density at radius 3 is 2.73 bits per heavy atom. The third kappa shape index (κ3) is 2.94. The molecule has 0 unspecified atom stereocenters. The van der Waals surface area contributed by atoms with Gasteiger partial charge in [0.15, 0.2) is 0 Å². The average Bonchev–Trinajstić information content (AvgIpc) is 3.23. The summed E-state index contributed by atoms with van der Waals surface area (Å²) in [5.74, 6) is 0.604. The van der Waals surface area contributed by atoms with E-state index in [1.807, 2.05) is 0 Å². The number of para-hydroxylation sites is 1. The van der Waals surface area contributed by atoms with Crippen LogP contribution in [0.5, 0.6) is 0 Å². The SMILES string of the molecule is Cn1c(=O)cc(N2CC[C@@H](NCc3cc4ccccc4n3C)C2)[nH]c1=O. The predicted octanol–water partition coefficient (Wildman–Crippen LogP) is 0.934. The number of nitrogens with zero attached hydrogens (tertiary/aromatic N) is 3. The zero-order valence-electron chi connectivity index (χ0n) is 15.0. The van der Waals surface area contributed by atoms with Crippen LogP contribution in [0.1, 0.15) is 12.1 Å². The Hall–Kier alpha value is -2.80. The number of aromatic amines is 1. The summed E-state index contributed by atoms with van der Waals surface area (Å²) in [6.07, 6.45) is 0.973. The van der Waals surface area contributed by atoms with Crippen LogP contribution in [0, 0.1) is 0 Å². The molecule has 0 saturated carbocycles. The first kappa shape index (κ1) is 16.7. The second-order valence-electron chi connectivity index (χ2n) is 6.92. The van der Waals surface area contributed by atoms with E-state index in [4.69, 9.17) is 0 Å². The number of H-pyrrole nitrogens is 1. The largest absolute Gasteiger partial charge is 0.356 e. The summed E-state index contributed by atoms with van der Waals surface area (Å²) >= 11 is 0. The molecule has 0 spiro atoms. The van der Waals surface area contributed by atoms with Crippen LogP contribution in [0.2, 0.25) is 0 Å². The van der Waals surface area contributed by atoms with Gasteiger partial charge in [0.05, 0.1) is 0 Å². The fraction of sp³-hybridized carbons (Fsp3) is 0.368. The van der Waals surface area contributed by atoms with Crippen molar-refractivity contribution in [2.75, 3.05) is 18.0 Å². The highest BCUT2D eigenvalue weighted by molar-refractivity contribution is 5.81. The lowest BCUT2D eigenvalue weighted by atomic mass is 10.2. The first-order chi connectivity index (χ1) is 12.5. The second-order valence-corrected chi connectivity index (χ2v) is 6.92. The molecule has 1 aromatic carbocycles. The molecular weight excluding hydrogens is 330 g/mol. The molecular formula is C19H23N5O2. The standard InChI is InChI=1S/C19H23N5O2/c1-22-15(9-13-5-3-4-6-16(13)22)11-20-14-7-8-24(12-14)17-10-18(25)23(2)19(26)21-17/h3-6,9-10,14,20H,7-8,11-12H2,1-2H3,(H,21,26)/t14-/m1/s1. The summed E-state index contributed by atoms with van der Waals surface area (Å²) in [7, 11) is 3.56. The number of fused-ring (bicyclic) bond motifs is 1. The molecule has 1 atom stereocenters. The van der Waals surface area contributed by atoms with E-state index < -0.39 is 0 Å². The third-order valence-electron chi connectivity index (χ3n) is 5.28. The summed E-state index contributed by atoms with van der Waals surface area (Å²) in [6, 6.07) is 12.4. The van der Waals surface area contributed by atoms with E-state index in [2.05, 4.69) is 57.1 Å². The van der Waals surface area contributed by atoms with Gasteiger partial charge in [0.1, 0.15) is 5.82 Å². The Bertz CT molecular complexity index is 1030. The van der Waals surface area contributed by atoms with Gasteiger partial charge < -0.3 is 14.8 Å². The maximum absolute atomic E-state index is 11.8. The fourth-order valence-corrected chi connectivity index (χ4v) is 3.62. The van der Waals surface area contributed by atoms with Crippen LogP contribution in [-0.4, -0.2) is 33.2 Å². The first-order valence-corrected chi connectivity index (χ1v) is 8.85. The quantitative estimate of drug-likeness (QED) is 0.732. The summed E-state index contributed by atoms with van der Waals surface area (Å²) in [5.41, 5.74) is 1.82. The molecule has 0 aliphatic carbocycles. The van der Waals surface area contributed by atoms with Crippen LogP contribution in [0.15, 0.2) is 46.0 Å². The summed E-state index contributed by atoms with van der Waals surface area (Å²) in [4.78, 5) is 28.5. The van der Waals surface area contributed by atoms with Crippen molar-refractivity contribution in [3.8, 4) is 0 Å².